The van der Waals surface area contributed by atoms with E-state index in [9.17, 15) is 4.79 Å². The van der Waals surface area contributed by atoms with Crippen LogP contribution < -0.4 is 10.2 Å². The fraction of sp³-hybridized carbons (Fsp3) is 0.679. The summed E-state index contributed by atoms with van der Waals surface area (Å²) in [5.41, 5.74) is 1.97. The third-order valence-electron chi connectivity index (χ3n) is 7.58. The second-order valence-corrected chi connectivity index (χ2v) is 12.3. The lowest BCUT2D eigenvalue weighted by molar-refractivity contribution is -0.0366. The lowest BCUT2D eigenvalue weighted by Crippen LogP contribution is -2.63. The summed E-state index contributed by atoms with van der Waals surface area (Å²) in [6, 6.07) is 6.19. The van der Waals surface area contributed by atoms with Gasteiger partial charge in [0, 0.05) is 50.9 Å². The van der Waals surface area contributed by atoms with Gasteiger partial charge in [-0.15, -0.1) is 0 Å². The maximum atomic E-state index is 12.8. The van der Waals surface area contributed by atoms with Gasteiger partial charge in [-0.1, -0.05) is 46.7 Å². The SMILES string of the molecule is CC(C)Cc1cc(CCCN2CCN(c3ccc(C(=O)NC4C(C)(C)CC4(C)C)cn3)CC2)no1. The molecular weight excluding hydrogens is 438 g/mol. The number of aryl methyl sites for hydroxylation is 1. The Morgan fingerprint density at radius 3 is 2.46 bits per heavy atom. The minimum atomic E-state index is -0.0249. The molecule has 7 nitrogen and oxygen atoms in total. The van der Waals surface area contributed by atoms with Gasteiger partial charge in [0.05, 0.1) is 11.3 Å². The molecular formula is C28H43N5O2. The summed E-state index contributed by atoms with van der Waals surface area (Å²) in [6.07, 6.45) is 5.84. The molecule has 0 bridgehead atoms. The predicted molar refractivity (Wildman–Crippen MR) is 140 cm³/mol. The highest BCUT2D eigenvalue weighted by atomic mass is 16.5. The van der Waals surface area contributed by atoms with Crippen LogP contribution in [0.4, 0.5) is 5.82 Å². The molecule has 0 radical (unpaired) electrons. The molecule has 3 heterocycles. The highest BCUT2D eigenvalue weighted by Gasteiger charge is 2.53. The molecule has 1 saturated carbocycles. The van der Waals surface area contributed by atoms with Gasteiger partial charge in [0.1, 0.15) is 11.6 Å². The molecule has 4 rings (SSSR count). The largest absolute Gasteiger partial charge is 0.361 e. The molecule has 7 heteroatoms. The second-order valence-electron chi connectivity index (χ2n) is 12.3. The van der Waals surface area contributed by atoms with E-state index >= 15 is 0 Å². The normalized spacial score (nSPS) is 20.1. The van der Waals surface area contributed by atoms with Gasteiger partial charge in [-0.05, 0) is 54.7 Å². The van der Waals surface area contributed by atoms with Crippen molar-refractivity contribution in [3.63, 3.8) is 0 Å². The molecule has 1 aliphatic heterocycles. The van der Waals surface area contributed by atoms with Crippen LogP contribution in [0.1, 0.15) is 76.2 Å². The number of rotatable bonds is 9. The van der Waals surface area contributed by atoms with Crippen LogP contribution in [0.5, 0.6) is 0 Å². The number of hydrogen-bond donors (Lipinski definition) is 1. The molecule has 2 aromatic rings. The van der Waals surface area contributed by atoms with Crippen LogP contribution in [-0.2, 0) is 12.8 Å². The van der Waals surface area contributed by atoms with Crippen LogP contribution in [0.15, 0.2) is 28.9 Å². The topological polar surface area (TPSA) is 74.5 Å². The number of piperazine rings is 1. The molecule has 1 N–H and O–H groups in total. The van der Waals surface area contributed by atoms with Crippen molar-refractivity contribution in [1.82, 2.24) is 20.4 Å². The number of carbonyl (C=O) groups is 1. The Bertz CT molecular complexity index is 973. The first kappa shape index (κ1) is 25.7. The summed E-state index contributed by atoms with van der Waals surface area (Å²) in [6.45, 7) is 18.3. The summed E-state index contributed by atoms with van der Waals surface area (Å²) in [4.78, 5) is 22.3. The van der Waals surface area contributed by atoms with Gasteiger partial charge in [-0.2, -0.15) is 0 Å². The summed E-state index contributed by atoms with van der Waals surface area (Å²) in [5, 5.41) is 7.47. The molecule has 2 aliphatic rings. The zero-order chi connectivity index (χ0) is 25.2. The van der Waals surface area contributed by atoms with E-state index in [4.69, 9.17) is 4.52 Å². The van der Waals surface area contributed by atoms with Crippen molar-refractivity contribution in [2.24, 2.45) is 16.7 Å². The second kappa shape index (κ2) is 10.3. The number of pyridine rings is 1. The smallest absolute Gasteiger partial charge is 0.253 e. The van der Waals surface area contributed by atoms with Crippen LogP contribution in [0.2, 0.25) is 0 Å². The zero-order valence-electron chi connectivity index (χ0n) is 22.4. The molecule has 1 amide bonds. The average molecular weight is 482 g/mol. The first-order valence-electron chi connectivity index (χ1n) is 13.2. The number of amides is 1. The Labute approximate surface area is 210 Å². The lowest BCUT2D eigenvalue weighted by Gasteiger charge is -2.57. The lowest BCUT2D eigenvalue weighted by atomic mass is 9.52. The Morgan fingerprint density at radius 2 is 1.86 bits per heavy atom. The van der Waals surface area contributed by atoms with Crippen LogP contribution >= 0.6 is 0 Å². The third kappa shape index (κ3) is 6.24. The number of nitrogens with zero attached hydrogens (tertiary/aromatic N) is 4. The minimum Gasteiger partial charge on any atom is -0.361 e. The van der Waals surface area contributed by atoms with Crippen molar-refractivity contribution in [2.75, 3.05) is 37.6 Å². The third-order valence-corrected chi connectivity index (χ3v) is 7.58. The summed E-state index contributed by atoms with van der Waals surface area (Å²) >= 11 is 0. The molecule has 0 aromatic carbocycles. The first-order chi connectivity index (χ1) is 16.5. The van der Waals surface area contributed by atoms with Crippen LogP contribution in [0.3, 0.4) is 0 Å². The van der Waals surface area contributed by atoms with Crippen LogP contribution in [-0.4, -0.2) is 59.7 Å². The van der Waals surface area contributed by atoms with Crippen molar-refractivity contribution < 1.29 is 9.32 Å². The van der Waals surface area contributed by atoms with Gasteiger partial charge in [0.15, 0.2) is 0 Å². The molecule has 0 atom stereocenters. The van der Waals surface area contributed by atoms with Crippen molar-refractivity contribution in [3.8, 4) is 0 Å². The van der Waals surface area contributed by atoms with E-state index in [1.165, 1.54) is 0 Å². The Morgan fingerprint density at radius 1 is 1.14 bits per heavy atom. The molecule has 192 valence electrons. The molecule has 35 heavy (non-hydrogen) atoms. The number of anilines is 1. The molecule has 1 aliphatic carbocycles. The van der Waals surface area contributed by atoms with Gasteiger partial charge in [-0.25, -0.2) is 4.98 Å². The maximum absolute atomic E-state index is 12.8. The van der Waals surface area contributed by atoms with Crippen molar-refractivity contribution in [1.29, 1.82) is 0 Å². The predicted octanol–water partition coefficient (Wildman–Crippen LogP) is 4.58. The van der Waals surface area contributed by atoms with E-state index in [-0.39, 0.29) is 22.8 Å². The van der Waals surface area contributed by atoms with Crippen molar-refractivity contribution in [2.45, 2.75) is 73.3 Å². The van der Waals surface area contributed by atoms with Crippen LogP contribution in [0, 0.1) is 16.7 Å². The number of hydrogen-bond acceptors (Lipinski definition) is 6. The fourth-order valence-corrected chi connectivity index (χ4v) is 6.27. The molecule has 2 aromatic heterocycles. The van der Waals surface area contributed by atoms with E-state index in [2.05, 4.69) is 72.9 Å². The molecule has 1 saturated heterocycles. The Kier molecular flexibility index (Phi) is 7.55. The van der Waals surface area contributed by atoms with E-state index in [1.54, 1.807) is 6.20 Å². The van der Waals surface area contributed by atoms with E-state index < -0.39 is 0 Å². The molecule has 0 unspecified atom stereocenters. The monoisotopic (exact) mass is 481 g/mol. The van der Waals surface area contributed by atoms with Crippen molar-refractivity contribution in [3.05, 3.63) is 41.4 Å². The maximum Gasteiger partial charge on any atom is 0.253 e. The number of nitrogens with one attached hydrogen (secondary N) is 1. The number of aromatic nitrogens is 2. The standard InChI is InChI=1S/C28H43N5O2/c1-20(2)16-23-17-22(31-35-23)8-7-11-32-12-14-33(15-13-32)24-10-9-21(18-29-24)25(34)30-26-27(3,4)19-28(26,5)6/h9-10,17-18,20,26H,7-8,11-16,19H2,1-6H3,(H,30,34). The highest BCUT2D eigenvalue weighted by Crippen LogP contribution is 2.53. The molecule has 2 fully saturated rings. The first-order valence-corrected chi connectivity index (χ1v) is 13.2. The van der Waals surface area contributed by atoms with Gasteiger partial charge in [0.25, 0.3) is 5.91 Å². The fourth-order valence-electron chi connectivity index (χ4n) is 6.27. The Hall–Kier alpha value is -2.41. The van der Waals surface area contributed by atoms with Crippen molar-refractivity contribution >= 4 is 11.7 Å². The Balaban J connectivity index is 1.20. The summed E-state index contributed by atoms with van der Waals surface area (Å²) < 4.78 is 5.45. The summed E-state index contributed by atoms with van der Waals surface area (Å²) in [7, 11) is 0. The van der Waals surface area contributed by atoms with Crippen LogP contribution in [0.25, 0.3) is 0 Å². The quantitative estimate of drug-likeness (QED) is 0.565. The van der Waals surface area contributed by atoms with Gasteiger partial charge < -0.3 is 14.7 Å². The van der Waals surface area contributed by atoms with E-state index in [1.807, 2.05) is 12.1 Å². The number of carbonyl (C=O) groups excluding carboxylic acids is 1. The minimum absolute atomic E-state index is 0.0249. The van der Waals surface area contributed by atoms with Gasteiger partial charge in [0.2, 0.25) is 0 Å². The van der Waals surface area contributed by atoms with Gasteiger partial charge in [-0.3, -0.25) is 9.69 Å². The zero-order valence-corrected chi connectivity index (χ0v) is 22.4. The summed E-state index contributed by atoms with van der Waals surface area (Å²) in [5.74, 6) is 2.51. The average Bonchev–Trinajstić information content (AvgIpc) is 3.23. The molecule has 0 spiro atoms. The van der Waals surface area contributed by atoms with E-state index in [0.717, 1.165) is 75.7 Å². The highest BCUT2D eigenvalue weighted by molar-refractivity contribution is 5.94. The van der Waals surface area contributed by atoms with Gasteiger partial charge >= 0.3 is 0 Å². The van der Waals surface area contributed by atoms with E-state index in [0.29, 0.717) is 11.5 Å².